The lowest BCUT2D eigenvalue weighted by Gasteiger charge is -2.16. The van der Waals surface area contributed by atoms with Gasteiger partial charge in [-0.15, -0.1) is 0 Å². The molecule has 0 aromatic heterocycles. The van der Waals surface area contributed by atoms with Crippen LogP contribution in [0.3, 0.4) is 0 Å². The lowest BCUT2D eigenvalue weighted by atomic mass is 10.1. The SMILES string of the molecule is Cc1ccccc1C(=O)NCC(=O)N(C)CCO. The molecule has 1 aromatic rings. The van der Waals surface area contributed by atoms with Crippen LogP contribution >= 0.6 is 0 Å². The van der Waals surface area contributed by atoms with E-state index in [4.69, 9.17) is 5.11 Å². The number of carbonyl (C=O) groups is 2. The zero-order chi connectivity index (χ0) is 13.5. The molecular weight excluding hydrogens is 232 g/mol. The number of nitrogens with zero attached hydrogens (tertiary/aromatic N) is 1. The van der Waals surface area contributed by atoms with Crippen molar-refractivity contribution in [2.24, 2.45) is 0 Å². The average molecular weight is 250 g/mol. The summed E-state index contributed by atoms with van der Waals surface area (Å²) in [6, 6.07) is 7.19. The minimum Gasteiger partial charge on any atom is -0.395 e. The summed E-state index contributed by atoms with van der Waals surface area (Å²) >= 11 is 0. The minimum atomic E-state index is -0.265. The van der Waals surface area contributed by atoms with Crippen molar-refractivity contribution in [2.75, 3.05) is 26.7 Å². The molecular formula is C13H18N2O3. The Hall–Kier alpha value is -1.88. The Bertz CT molecular complexity index is 432. The molecule has 0 heterocycles. The molecule has 0 aliphatic carbocycles. The minimum absolute atomic E-state index is 0.0658. The summed E-state index contributed by atoms with van der Waals surface area (Å²) in [6.45, 7) is 1.95. The Morgan fingerprint density at radius 1 is 1.33 bits per heavy atom. The van der Waals surface area contributed by atoms with Gasteiger partial charge in [-0.2, -0.15) is 0 Å². The van der Waals surface area contributed by atoms with E-state index >= 15 is 0 Å². The Morgan fingerprint density at radius 2 is 2.00 bits per heavy atom. The van der Waals surface area contributed by atoms with Gasteiger partial charge in [-0.3, -0.25) is 9.59 Å². The van der Waals surface area contributed by atoms with Crippen LogP contribution in [0.5, 0.6) is 0 Å². The molecule has 2 N–H and O–H groups in total. The molecule has 0 saturated carbocycles. The van der Waals surface area contributed by atoms with Crippen molar-refractivity contribution in [1.29, 1.82) is 0 Å². The van der Waals surface area contributed by atoms with Crippen LogP contribution in [0.1, 0.15) is 15.9 Å². The van der Waals surface area contributed by atoms with Gasteiger partial charge in [-0.05, 0) is 18.6 Å². The number of amides is 2. The Balaban J connectivity index is 2.52. The highest BCUT2D eigenvalue weighted by Gasteiger charge is 2.12. The van der Waals surface area contributed by atoms with Gasteiger partial charge in [0, 0.05) is 19.2 Å². The van der Waals surface area contributed by atoms with Crippen molar-refractivity contribution in [3.05, 3.63) is 35.4 Å². The number of benzene rings is 1. The van der Waals surface area contributed by atoms with E-state index in [0.29, 0.717) is 5.56 Å². The molecule has 0 fully saturated rings. The Morgan fingerprint density at radius 3 is 2.61 bits per heavy atom. The third-order valence-electron chi connectivity index (χ3n) is 2.65. The molecule has 1 aromatic carbocycles. The van der Waals surface area contributed by atoms with Crippen LogP contribution in [0, 0.1) is 6.92 Å². The third kappa shape index (κ3) is 3.85. The Labute approximate surface area is 106 Å². The van der Waals surface area contributed by atoms with Crippen LogP contribution in [-0.4, -0.2) is 48.6 Å². The van der Waals surface area contributed by atoms with E-state index in [0.717, 1.165) is 5.56 Å². The molecule has 0 saturated heterocycles. The van der Waals surface area contributed by atoms with E-state index in [1.165, 1.54) is 4.90 Å². The molecule has 0 spiro atoms. The summed E-state index contributed by atoms with van der Waals surface area (Å²) in [4.78, 5) is 24.7. The molecule has 98 valence electrons. The van der Waals surface area contributed by atoms with Crippen LogP contribution < -0.4 is 5.32 Å². The fraction of sp³-hybridized carbons (Fsp3) is 0.385. The van der Waals surface area contributed by atoms with Crippen molar-refractivity contribution in [3.8, 4) is 0 Å². The quantitative estimate of drug-likeness (QED) is 0.783. The maximum Gasteiger partial charge on any atom is 0.251 e. The molecule has 0 unspecified atom stereocenters. The first-order chi connectivity index (χ1) is 8.56. The van der Waals surface area contributed by atoms with E-state index in [1.54, 1.807) is 19.2 Å². The van der Waals surface area contributed by atoms with Gasteiger partial charge in [-0.25, -0.2) is 0 Å². The standard InChI is InChI=1S/C13H18N2O3/c1-10-5-3-4-6-11(10)13(18)14-9-12(17)15(2)7-8-16/h3-6,16H,7-9H2,1-2H3,(H,14,18). The molecule has 5 nitrogen and oxygen atoms in total. The van der Waals surface area contributed by atoms with E-state index < -0.39 is 0 Å². The number of aliphatic hydroxyl groups is 1. The number of rotatable bonds is 5. The van der Waals surface area contributed by atoms with Gasteiger partial charge in [-0.1, -0.05) is 18.2 Å². The highest BCUT2D eigenvalue weighted by molar-refractivity contribution is 5.97. The van der Waals surface area contributed by atoms with Crippen molar-refractivity contribution >= 4 is 11.8 Å². The fourth-order valence-electron chi connectivity index (χ4n) is 1.49. The number of hydrogen-bond donors (Lipinski definition) is 2. The predicted octanol–water partition coefficient (Wildman–Crippen LogP) is 0.176. The van der Waals surface area contributed by atoms with Gasteiger partial charge in [0.15, 0.2) is 0 Å². The third-order valence-corrected chi connectivity index (χ3v) is 2.65. The van der Waals surface area contributed by atoms with Crippen molar-refractivity contribution in [2.45, 2.75) is 6.92 Å². The number of carbonyl (C=O) groups excluding carboxylic acids is 2. The van der Waals surface area contributed by atoms with Gasteiger partial charge in [0.2, 0.25) is 5.91 Å². The molecule has 5 heteroatoms. The first-order valence-electron chi connectivity index (χ1n) is 5.75. The highest BCUT2D eigenvalue weighted by atomic mass is 16.3. The molecule has 0 radical (unpaired) electrons. The van der Waals surface area contributed by atoms with Gasteiger partial charge in [0.25, 0.3) is 5.91 Å². The molecule has 0 aliphatic heterocycles. The maximum absolute atomic E-state index is 11.8. The molecule has 1 rings (SSSR count). The summed E-state index contributed by atoms with van der Waals surface area (Å²) in [6.07, 6.45) is 0. The number of hydrogen-bond acceptors (Lipinski definition) is 3. The van der Waals surface area contributed by atoms with Gasteiger partial charge >= 0.3 is 0 Å². The Kier molecular flexibility index (Phi) is 5.32. The second-order valence-corrected chi connectivity index (χ2v) is 4.04. The monoisotopic (exact) mass is 250 g/mol. The fourth-order valence-corrected chi connectivity index (χ4v) is 1.49. The zero-order valence-electron chi connectivity index (χ0n) is 10.6. The van der Waals surface area contributed by atoms with Crippen LogP contribution in [0.4, 0.5) is 0 Å². The van der Waals surface area contributed by atoms with Crippen LogP contribution in [0.25, 0.3) is 0 Å². The molecule has 18 heavy (non-hydrogen) atoms. The number of nitrogens with one attached hydrogen (secondary N) is 1. The van der Waals surface area contributed by atoms with Gasteiger partial charge in [0.1, 0.15) is 0 Å². The first kappa shape index (κ1) is 14.2. The summed E-state index contributed by atoms with van der Waals surface area (Å²) in [5, 5.41) is 11.3. The summed E-state index contributed by atoms with van der Waals surface area (Å²) < 4.78 is 0. The van der Waals surface area contributed by atoms with Gasteiger partial charge in [0.05, 0.1) is 13.2 Å². The average Bonchev–Trinajstić information content (AvgIpc) is 2.36. The first-order valence-corrected chi connectivity index (χ1v) is 5.75. The van der Waals surface area contributed by atoms with Crippen LogP contribution in [-0.2, 0) is 4.79 Å². The lowest BCUT2D eigenvalue weighted by molar-refractivity contribution is -0.129. The van der Waals surface area contributed by atoms with Crippen molar-refractivity contribution < 1.29 is 14.7 Å². The topological polar surface area (TPSA) is 69.6 Å². The van der Waals surface area contributed by atoms with E-state index in [9.17, 15) is 9.59 Å². The van der Waals surface area contributed by atoms with E-state index in [-0.39, 0.29) is 31.5 Å². The van der Waals surface area contributed by atoms with Crippen molar-refractivity contribution in [1.82, 2.24) is 10.2 Å². The number of aliphatic hydroxyl groups excluding tert-OH is 1. The normalized spacial score (nSPS) is 9.94. The largest absolute Gasteiger partial charge is 0.395 e. The maximum atomic E-state index is 11.8. The lowest BCUT2D eigenvalue weighted by Crippen LogP contribution is -2.39. The second kappa shape index (κ2) is 6.76. The summed E-state index contributed by atoms with van der Waals surface area (Å²) in [7, 11) is 1.58. The van der Waals surface area contributed by atoms with E-state index in [1.807, 2.05) is 19.1 Å². The number of aryl methyl sites for hydroxylation is 1. The van der Waals surface area contributed by atoms with E-state index in [2.05, 4.69) is 5.32 Å². The summed E-state index contributed by atoms with van der Waals surface area (Å²) in [5.41, 5.74) is 1.43. The molecule has 0 bridgehead atoms. The molecule has 0 atom stereocenters. The van der Waals surface area contributed by atoms with Gasteiger partial charge < -0.3 is 15.3 Å². The molecule has 0 aliphatic rings. The smallest absolute Gasteiger partial charge is 0.251 e. The van der Waals surface area contributed by atoms with Crippen molar-refractivity contribution in [3.63, 3.8) is 0 Å². The number of likely N-dealkylation sites (N-methyl/N-ethyl adjacent to an activating group) is 1. The van der Waals surface area contributed by atoms with Crippen LogP contribution in [0.2, 0.25) is 0 Å². The molecule has 2 amide bonds. The second-order valence-electron chi connectivity index (χ2n) is 4.04. The highest BCUT2D eigenvalue weighted by Crippen LogP contribution is 2.06. The predicted molar refractivity (Wildman–Crippen MR) is 68.2 cm³/mol. The van der Waals surface area contributed by atoms with Crippen LogP contribution in [0.15, 0.2) is 24.3 Å². The summed E-state index contributed by atoms with van der Waals surface area (Å²) in [5.74, 6) is -0.496. The zero-order valence-corrected chi connectivity index (χ0v) is 10.6.